The predicted molar refractivity (Wildman–Crippen MR) is 97.0 cm³/mol. The number of carbonyl (C=O) groups excluding carboxylic acids is 2. The van der Waals surface area contributed by atoms with E-state index in [0.29, 0.717) is 10.7 Å². The van der Waals surface area contributed by atoms with E-state index in [4.69, 9.17) is 11.6 Å². The topological polar surface area (TPSA) is 104 Å². The number of anilines is 1. The Balaban J connectivity index is 1.58. The standard InChI is InChI=1S/C17H16ClN3O4S/c18-13-5-9-15(10-6-13)26(24,25)21-20-17(23)12-3-7-14(8-4-12)19-16(22)11-1-2-11/h3-11,21H,1-2H2,(H,19,22)(H,20,23). The third-order valence-electron chi connectivity index (χ3n) is 3.79. The molecule has 0 bridgehead atoms. The fourth-order valence-electron chi connectivity index (χ4n) is 2.15. The Morgan fingerprint density at radius 1 is 0.962 bits per heavy atom. The molecule has 0 aliphatic heterocycles. The molecule has 1 aliphatic carbocycles. The van der Waals surface area contributed by atoms with Crippen LogP contribution in [0.3, 0.4) is 0 Å². The Morgan fingerprint density at radius 3 is 2.15 bits per heavy atom. The number of hydrazine groups is 1. The number of halogens is 1. The van der Waals surface area contributed by atoms with Crippen molar-refractivity contribution >= 4 is 39.1 Å². The summed E-state index contributed by atoms with van der Waals surface area (Å²) in [4.78, 5) is 25.8. The summed E-state index contributed by atoms with van der Waals surface area (Å²) in [7, 11) is -3.90. The first-order chi connectivity index (χ1) is 12.3. The molecule has 0 radical (unpaired) electrons. The van der Waals surface area contributed by atoms with Crippen LogP contribution >= 0.6 is 11.6 Å². The summed E-state index contributed by atoms with van der Waals surface area (Å²) in [5.74, 6) is -0.569. The first kappa shape index (κ1) is 18.4. The van der Waals surface area contributed by atoms with Crippen LogP contribution in [0.1, 0.15) is 23.2 Å². The van der Waals surface area contributed by atoms with Gasteiger partial charge in [-0.05, 0) is 61.4 Å². The summed E-state index contributed by atoms with van der Waals surface area (Å²) in [5, 5.41) is 3.16. The number of benzene rings is 2. The van der Waals surface area contributed by atoms with Crippen molar-refractivity contribution in [1.82, 2.24) is 10.3 Å². The van der Waals surface area contributed by atoms with E-state index in [0.717, 1.165) is 12.8 Å². The van der Waals surface area contributed by atoms with Crippen molar-refractivity contribution in [2.75, 3.05) is 5.32 Å². The number of carbonyl (C=O) groups is 2. The van der Waals surface area contributed by atoms with Gasteiger partial charge in [-0.1, -0.05) is 11.6 Å². The molecule has 0 saturated heterocycles. The zero-order valence-corrected chi connectivity index (χ0v) is 15.1. The Hall–Kier alpha value is -2.42. The molecular weight excluding hydrogens is 378 g/mol. The fraction of sp³-hybridized carbons (Fsp3) is 0.176. The lowest BCUT2D eigenvalue weighted by Gasteiger charge is -2.09. The van der Waals surface area contributed by atoms with E-state index in [9.17, 15) is 18.0 Å². The minimum Gasteiger partial charge on any atom is -0.326 e. The molecular formula is C17H16ClN3O4S. The molecule has 0 unspecified atom stereocenters. The van der Waals surface area contributed by atoms with Gasteiger partial charge in [0.15, 0.2) is 0 Å². The van der Waals surface area contributed by atoms with Crippen molar-refractivity contribution in [1.29, 1.82) is 0 Å². The summed E-state index contributed by atoms with van der Waals surface area (Å²) < 4.78 is 24.2. The van der Waals surface area contributed by atoms with E-state index < -0.39 is 15.9 Å². The zero-order chi connectivity index (χ0) is 18.7. The van der Waals surface area contributed by atoms with Gasteiger partial charge < -0.3 is 5.32 Å². The average Bonchev–Trinajstić information content (AvgIpc) is 3.46. The molecule has 0 aromatic heterocycles. The molecule has 7 nitrogen and oxygen atoms in total. The summed E-state index contributed by atoms with van der Waals surface area (Å²) in [6.07, 6.45) is 1.81. The summed E-state index contributed by atoms with van der Waals surface area (Å²) in [6.45, 7) is 0. The summed E-state index contributed by atoms with van der Waals surface area (Å²) in [6, 6.07) is 11.7. The molecule has 1 saturated carbocycles. The fourth-order valence-corrected chi connectivity index (χ4v) is 3.12. The van der Waals surface area contributed by atoms with E-state index in [-0.39, 0.29) is 22.3 Å². The van der Waals surface area contributed by atoms with Crippen LogP contribution in [0.5, 0.6) is 0 Å². The van der Waals surface area contributed by atoms with Gasteiger partial charge in [-0.3, -0.25) is 15.0 Å². The van der Waals surface area contributed by atoms with Crippen molar-refractivity contribution in [3.05, 3.63) is 59.1 Å². The molecule has 0 spiro atoms. The highest BCUT2D eigenvalue weighted by atomic mass is 35.5. The number of sulfonamides is 1. The van der Waals surface area contributed by atoms with Gasteiger partial charge in [-0.2, -0.15) is 0 Å². The van der Waals surface area contributed by atoms with Crippen molar-refractivity contribution in [3.8, 4) is 0 Å². The Kier molecular flexibility index (Phi) is 5.26. The minimum absolute atomic E-state index is 0.0275. The lowest BCUT2D eigenvalue weighted by molar-refractivity contribution is -0.117. The van der Waals surface area contributed by atoms with Gasteiger partial charge in [-0.15, -0.1) is 4.83 Å². The molecule has 26 heavy (non-hydrogen) atoms. The normalized spacial score (nSPS) is 13.9. The van der Waals surface area contributed by atoms with Crippen molar-refractivity contribution in [2.24, 2.45) is 5.92 Å². The van der Waals surface area contributed by atoms with Crippen LogP contribution in [0.4, 0.5) is 5.69 Å². The van der Waals surface area contributed by atoms with Crippen LogP contribution < -0.4 is 15.6 Å². The monoisotopic (exact) mass is 393 g/mol. The molecule has 2 amide bonds. The average molecular weight is 394 g/mol. The van der Waals surface area contributed by atoms with Gasteiger partial charge in [0.1, 0.15) is 0 Å². The van der Waals surface area contributed by atoms with E-state index in [1.165, 1.54) is 36.4 Å². The van der Waals surface area contributed by atoms with Gasteiger partial charge in [0.25, 0.3) is 15.9 Å². The number of hydrogen-bond acceptors (Lipinski definition) is 4. The minimum atomic E-state index is -3.90. The Morgan fingerprint density at radius 2 is 1.58 bits per heavy atom. The smallest absolute Gasteiger partial charge is 0.266 e. The van der Waals surface area contributed by atoms with Crippen molar-refractivity contribution in [3.63, 3.8) is 0 Å². The Labute approximate surface area is 155 Å². The van der Waals surface area contributed by atoms with Crippen LogP contribution in [-0.2, 0) is 14.8 Å². The van der Waals surface area contributed by atoms with Crippen LogP contribution in [-0.4, -0.2) is 20.2 Å². The first-order valence-electron chi connectivity index (χ1n) is 7.84. The number of amides is 2. The van der Waals surface area contributed by atoms with Gasteiger partial charge >= 0.3 is 0 Å². The van der Waals surface area contributed by atoms with Crippen molar-refractivity contribution < 1.29 is 18.0 Å². The molecule has 2 aromatic carbocycles. The summed E-state index contributed by atoms with van der Waals surface area (Å²) >= 11 is 5.72. The summed E-state index contributed by atoms with van der Waals surface area (Å²) in [5.41, 5.74) is 2.97. The third-order valence-corrected chi connectivity index (χ3v) is 5.30. The molecule has 1 aliphatic rings. The highest BCUT2D eigenvalue weighted by molar-refractivity contribution is 7.89. The third kappa shape index (κ3) is 4.60. The maximum atomic E-state index is 12.1. The molecule has 3 rings (SSSR count). The van der Waals surface area contributed by atoms with Gasteiger partial charge in [-0.25, -0.2) is 8.42 Å². The van der Waals surface area contributed by atoms with Gasteiger partial charge in [0, 0.05) is 22.2 Å². The van der Waals surface area contributed by atoms with E-state index >= 15 is 0 Å². The molecule has 0 heterocycles. The second-order valence-electron chi connectivity index (χ2n) is 5.85. The van der Waals surface area contributed by atoms with Crippen molar-refractivity contribution in [2.45, 2.75) is 17.7 Å². The lowest BCUT2D eigenvalue weighted by atomic mass is 10.2. The SMILES string of the molecule is O=C(NNS(=O)(=O)c1ccc(Cl)cc1)c1ccc(NC(=O)C2CC2)cc1. The number of nitrogens with one attached hydrogen (secondary N) is 3. The maximum Gasteiger partial charge on any atom is 0.266 e. The van der Waals surface area contributed by atoms with Crippen LogP contribution in [0, 0.1) is 5.92 Å². The molecule has 1 fully saturated rings. The van der Waals surface area contributed by atoms with Crippen LogP contribution in [0.25, 0.3) is 0 Å². The number of hydrogen-bond donors (Lipinski definition) is 3. The first-order valence-corrected chi connectivity index (χ1v) is 9.70. The van der Waals surface area contributed by atoms with E-state index in [2.05, 4.69) is 10.7 Å². The molecule has 0 atom stereocenters. The van der Waals surface area contributed by atoms with Gasteiger partial charge in [0.05, 0.1) is 4.90 Å². The maximum absolute atomic E-state index is 12.1. The highest BCUT2D eigenvalue weighted by Crippen LogP contribution is 2.30. The second-order valence-corrected chi connectivity index (χ2v) is 7.97. The highest BCUT2D eigenvalue weighted by Gasteiger charge is 2.29. The van der Waals surface area contributed by atoms with E-state index in [1.807, 2.05) is 4.83 Å². The molecule has 3 N–H and O–H groups in total. The zero-order valence-electron chi connectivity index (χ0n) is 13.5. The van der Waals surface area contributed by atoms with Crippen LogP contribution in [0.15, 0.2) is 53.4 Å². The van der Waals surface area contributed by atoms with Gasteiger partial charge in [0.2, 0.25) is 5.91 Å². The lowest BCUT2D eigenvalue weighted by Crippen LogP contribution is -2.41. The quantitative estimate of drug-likeness (QED) is 0.655. The Bertz CT molecular complexity index is 923. The van der Waals surface area contributed by atoms with E-state index in [1.54, 1.807) is 12.1 Å². The molecule has 2 aromatic rings. The number of rotatable bonds is 6. The molecule has 9 heteroatoms. The predicted octanol–water partition coefficient (Wildman–Crippen LogP) is 2.31. The largest absolute Gasteiger partial charge is 0.326 e. The van der Waals surface area contributed by atoms with Crippen LogP contribution in [0.2, 0.25) is 5.02 Å². The second kappa shape index (κ2) is 7.45. The molecule has 136 valence electrons.